The Labute approximate surface area is 183 Å². The van der Waals surface area contributed by atoms with E-state index in [4.69, 9.17) is 46.4 Å². The van der Waals surface area contributed by atoms with Crippen LogP contribution in [0.1, 0.15) is 22.5 Å². The summed E-state index contributed by atoms with van der Waals surface area (Å²) in [6.45, 7) is 0. The van der Waals surface area contributed by atoms with Crippen molar-refractivity contribution in [1.82, 2.24) is 4.98 Å². The van der Waals surface area contributed by atoms with Crippen molar-refractivity contribution in [2.24, 2.45) is 4.99 Å². The van der Waals surface area contributed by atoms with Gasteiger partial charge in [0.05, 0.1) is 15.7 Å². The first-order chi connectivity index (χ1) is 13.5. The van der Waals surface area contributed by atoms with E-state index in [0.717, 1.165) is 33.8 Å². The summed E-state index contributed by atoms with van der Waals surface area (Å²) in [5.74, 6) is 0. The van der Waals surface area contributed by atoms with E-state index in [1.165, 1.54) is 0 Å². The number of nitrogens with zero attached hydrogens (tertiary/aromatic N) is 1. The number of H-pyrrole nitrogens is 1. The average molecular weight is 448 g/mol. The number of halogens is 4. The molecule has 3 aromatic rings. The standard InChI is InChI=1S/C22H14Cl4N2/c23-15-4-1-5-16(24)14(15)12-13-9-10-20(28-13)22(19-8-3-11-27-19)21-17(25)6-2-7-18(21)26/h1-11,28H,12H2/b22-19-. The zero-order valence-electron chi connectivity index (χ0n) is 14.5. The number of aromatic amines is 1. The number of aromatic nitrogens is 1. The van der Waals surface area contributed by atoms with Gasteiger partial charge in [-0.25, -0.2) is 0 Å². The van der Waals surface area contributed by atoms with Gasteiger partial charge in [0.1, 0.15) is 0 Å². The molecule has 0 unspecified atom stereocenters. The second kappa shape index (κ2) is 8.18. The highest BCUT2D eigenvalue weighted by Crippen LogP contribution is 2.38. The van der Waals surface area contributed by atoms with E-state index >= 15 is 0 Å². The van der Waals surface area contributed by atoms with E-state index in [9.17, 15) is 0 Å². The lowest BCUT2D eigenvalue weighted by atomic mass is 10.0. The van der Waals surface area contributed by atoms with Crippen molar-refractivity contribution in [2.45, 2.75) is 6.42 Å². The minimum atomic E-state index is 0.566. The molecule has 2 nitrogen and oxygen atoms in total. The smallest absolute Gasteiger partial charge is 0.0730 e. The predicted molar refractivity (Wildman–Crippen MR) is 120 cm³/mol. The summed E-state index contributed by atoms with van der Waals surface area (Å²) in [6, 6.07) is 15.0. The van der Waals surface area contributed by atoms with Gasteiger partial charge in [-0.15, -0.1) is 0 Å². The van der Waals surface area contributed by atoms with Gasteiger partial charge >= 0.3 is 0 Å². The molecule has 6 heteroatoms. The molecule has 1 aliphatic heterocycles. The molecule has 140 valence electrons. The maximum absolute atomic E-state index is 6.49. The van der Waals surface area contributed by atoms with Gasteiger partial charge in [-0.05, 0) is 54.1 Å². The lowest BCUT2D eigenvalue weighted by Gasteiger charge is -2.12. The second-order valence-corrected chi connectivity index (χ2v) is 7.90. The lowest BCUT2D eigenvalue weighted by Crippen LogP contribution is -1.96. The number of nitrogens with one attached hydrogen (secondary N) is 1. The number of rotatable bonds is 4. The van der Waals surface area contributed by atoms with Gasteiger partial charge in [-0.3, -0.25) is 4.99 Å². The molecule has 0 radical (unpaired) electrons. The fraction of sp³-hybridized carbons (Fsp3) is 0.0455. The first-order valence-corrected chi connectivity index (χ1v) is 10.1. The van der Waals surface area contributed by atoms with Crippen LogP contribution in [0.15, 0.2) is 71.4 Å². The summed E-state index contributed by atoms with van der Waals surface area (Å²) < 4.78 is 0. The van der Waals surface area contributed by atoms with E-state index in [1.807, 2.05) is 60.7 Å². The van der Waals surface area contributed by atoms with Crippen LogP contribution in [-0.2, 0) is 6.42 Å². The fourth-order valence-corrected chi connectivity index (χ4v) is 4.28. The molecule has 2 heterocycles. The topological polar surface area (TPSA) is 28.1 Å². The molecular formula is C22H14Cl4N2. The number of aliphatic imine (C=N–C) groups is 1. The van der Waals surface area contributed by atoms with Crippen molar-refractivity contribution in [1.29, 1.82) is 0 Å². The normalized spacial score (nSPS) is 14.7. The summed E-state index contributed by atoms with van der Waals surface area (Å²) in [6.07, 6.45) is 6.14. The Bertz CT molecular complexity index is 1080. The van der Waals surface area contributed by atoms with Crippen LogP contribution in [0.5, 0.6) is 0 Å². The highest BCUT2D eigenvalue weighted by molar-refractivity contribution is 6.38. The van der Waals surface area contributed by atoms with Gasteiger partial charge in [0.25, 0.3) is 0 Å². The maximum atomic E-state index is 6.49. The van der Waals surface area contributed by atoms with E-state index in [1.54, 1.807) is 6.21 Å². The monoisotopic (exact) mass is 446 g/mol. The fourth-order valence-electron chi connectivity index (χ4n) is 3.17. The minimum Gasteiger partial charge on any atom is -0.358 e. The van der Waals surface area contributed by atoms with Gasteiger partial charge in [0.2, 0.25) is 0 Å². The lowest BCUT2D eigenvalue weighted by molar-refractivity contribution is 1.10. The van der Waals surface area contributed by atoms with E-state index in [-0.39, 0.29) is 0 Å². The summed E-state index contributed by atoms with van der Waals surface area (Å²) in [5.41, 5.74) is 5.09. The third-order valence-electron chi connectivity index (χ3n) is 4.47. The summed E-state index contributed by atoms with van der Waals surface area (Å²) in [5, 5.41) is 2.41. The summed E-state index contributed by atoms with van der Waals surface area (Å²) in [7, 11) is 0. The first-order valence-electron chi connectivity index (χ1n) is 8.55. The van der Waals surface area contributed by atoms with Crippen molar-refractivity contribution in [3.05, 3.63) is 109 Å². The third-order valence-corrected chi connectivity index (χ3v) is 5.81. The Balaban J connectivity index is 1.79. The maximum Gasteiger partial charge on any atom is 0.0730 e. The largest absolute Gasteiger partial charge is 0.358 e. The van der Waals surface area contributed by atoms with Gasteiger partial charge in [0.15, 0.2) is 0 Å². The SMILES string of the molecule is Clc1cccc(Cl)c1Cc1ccc(/C(=C2\C=CC=N2)c2c(Cl)cccc2Cl)[nH]1. The van der Waals surface area contributed by atoms with Crippen LogP contribution in [-0.4, -0.2) is 11.2 Å². The Morgan fingerprint density at radius 1 is 0.821 bits per heavy atom. The molecule has 0 saturated carbocycles. The number of hydrogen-bond acceptors (Lipinski definition) is 1. The van der Waals surface area contributed by atoms with Crippen LogP contribution in [0.25, 0.3) is 5.57 Å². The molecule has 0 atom stereocenters. The van der Waals surface area contributed by atoms with E-state index in [2.05, 4.69) is 9.98 Å². The van der Waals surface area contributed by atoms with Crippen LogP contribution in [0.4, 0.5) is 0 Å². The molecule has 0 spiro atoms. The molecule has 1 aliphatic rings. The van der Waals surface area contributed by atoms with Crippen LogP contribution in [0.3, 0.4) is 0 Å². The zero-order valence-corrected chi connectivity index (χ0v) is 17.5. The van der Waals surface area contributed by atoms with Crippen molar-refractivity contribution >= 4 is 58.2 Å². The van der Waals surface area contributed by atoms with Gasteiger partial charge < -0.3 is 4.98 Å². The summed E-state index contributed by atoms with van der Waals surface area (Å²) >= 11 is 25.6. The number of allylic oxidation sites excluding steroid dienone is 2. The Morgan fingerprint density at radius 2 is 1.46 bits per heavy atom. The minimum absolute atomic E-state index is 0.566. The quantitative estimate of drug-likeness (QED) is 0.426. The molecule has 1 aromatic heterocycles. The van der Waals surface area contributed by atoms with Gasteiger partial charge in [0, 0.05) is 45.2 Å². The molecule has 2 aromatic carbocycles. The molecule has 0 fully saturated rings. The molecule has 0 bridgehead atoms. The third kappa shape index (κ3) is 3.78. The predicted octanol–water partition coefficient (Wildman–Crippen LogP) is 7.62. The molecule has 28 heavy (non-hydrogen) atoms. The van der Waals surface area contributed by atoms with Crippen molar-refractivity contribution < 1.29 is 0 Å². The molecule has 0 saturated heterocycles. The van der Waals surface area contributed by atoms with Gasteiger partial charge in [-0.2, -0.15) is 0 Å². The summed E-state index contributed by atoms with van der Waals surface area (Å²) in [4.78, 5) is 7.90. The number of benzene rings is 2. The molecule has 0 amide bonds. The molecule has 0 aliphatic carbocycles. The Kier molecular flexibility index (Phi) is 5.65. The van der Waals surface area contributed by atoms with Crippen LogP contribution >= 0.6 is 46.4 Å². The zero-order chi connectivity index (χ0) is 19.7. The molecule has 4 rings (SSSR count). The van der Waals surface area contributed by atoms with Crippen molar-refractivity contribution in [3.63, 3.8) is 0 Å². The average Bonchev–Trinajstić information content (AvgIpc) is 3.34. The van der Waals surface area contributed by atoms with E-state index < -0.39 is 0 Å². The van der Waals surface area contributed by atoms with Crippen LogP contribution in [0, 0.1) is 0 Å². The highest BCUT2D eigenvalue weighted by Gasteiger charge is 2.19. The Morgan fingerprint density at radius 3 is 2.07 bits per heavy atom. The van der Waals surface area contributed by atoms with Crippen LogP contribution < -0.4 is 0 Å². The van der Waals surface area contributed by atoms with Crippen molar-refractivity contribution in [3.8, 4) is 0 Å². The van der Waals surface area contributed by atoms with Crippen LogP contribution in [0.2, 0.25) is 20.1 Å². The number of hydrogen-bond donors (Lipinski definition) is 1. The first kappa shape index (κ1) is 19.4. The molecular weight excluding hydrogens is 434 g/mol. The second-order valence-electron chi connectivity index (χ2n) is 6.27. The Hall–Kier alpha value is -1.97. The van der Waals surface area contributed by atoms with Gasteiger partial charge in [-0.1, -0.05) is 58.5 Å². The molecule has 1 N–H and O–H groups in total. The van der Waals surface area contributed by atoms with Crippen molar-refractivity contribution in [2.75, 3.05) is 0 Å². The van der Waals surface area contributed by atoms with E-state index in [0.29, 0.717) is 26.5 Å². The highest BCUT2D eigenvalue weighted by atomic mass is 35.5.